The van der Waals surface area contributed by atoms with Crippen LogP contribution in [0.15, 0.2) is 121 Å². The summed E-state index contributed by atoms with van der Waals surface area (Å²) in [6, 6.07) is 37.2. The first-order chi connectivity index (χ1) is 20.4. The van der Waals surface area contributed by atoms with Gasteiger partial charge in [0.15, 0.2) is 11.2 Å². The van der Waals surface area contributed by atoms with Gasteiger partial charge in [-0.3, -0.25) is 20.2 Å². The quantitative estimate of drug-likeness (QED) is 0.108. The highest BCUT2D eigenvalue weighted by molar-refractivity contribution is 5.38. The summed E-state index contributed by atoms with van der Waals surface area (Å²) >= 11 is 0. The zero-order valence-electron chi connectivity index (χ0n) is 23.7. The Morgan fingerprint density at radius 2 is 0.810 bits per heavy atom. The smallest absolute Gasteiger partial charge is 0.240 e. The fourth-order valence-corrected chi connectivity index (χ4v) is 5.33. The van der Waals surface area contributed by atoms with Crippen LogP contribution in [0.5, 0.6) is 0 Å². The van der Waals surface area contributed by atoms with Crippen LogP contribution in [0.1, 0.15) is 42.0 Å². The molecule has 0 aliphatic carbocycles. The molecule has 0 aliphatic rings. The van der Waals surface area contributed by atoms with Crippen LogP contribution in [0.2, 0.25) is 0 Å². The standard InChI is InChI=1S/C34H36N2O6/c1-28(22-24-41-33(26-35(37)38,29-14-6-2-7-15-29)30-16-8-3-9-17-30)23-25-42-34(27-36(39)40,31-18-10-4-11-19-31)32-20-12-5-13-21-32/h2-21,28H,22-27H2,1H3. The zero-order chi connectivity index (χ0) is 29.8. The van der Waals surface area contributed by atoms with E-state index in [-0.39, 0.29) is 29.0 Å². The summed E-state index contributed by atoms with van der Waals surface area (Å²) in [5.74, 6) is 0.129. The topological polar surface area (TPSA) is 105 Å². The third-order valence-electron chi connectivity index (χ3n) is 7.58. The molecule has 8 nitrogen and oxygen atoms in total. The van der Waals surface area contributed by atoms with E-state index in [1.807, 2.05) is 121 Å². The molecular formula is C34H36N2O6. The Balaban J connectivity index is 1.48. The van der Waals surface area contributed by atoms with Gasteiger partial charge in [0.2, 0.25) is 13.1 Å². The first-order valence-electron chi connectivity index (χ1n) is 14.1. The van der Waals surface area contributed by atoms with Crippen molar-refractivity contribution in [2.24, 2.45) is 5.92 Å². The van der Waals surface area contributed by atoms with Gasteiger partial charge in [0.25, 0.3) is 0 Å². The maximum atomic E-state index is 11.9. The lowest BCUT2D eigenvalue weighted by atomic mass is 9.85. The summed E-state index contributed by atoms with van der Waals surface area (Å²) in [7, 11) is 0. The third kappa shape index (κ3) is 7.46. The fourth-order valence-electron chi connectivity index (χ4n) is 5.33. The van der Waals surface area contributed by atoms with E-state index < -0.39 is 24.3 Å². The van der Waals surface area contributed by atoms with E-state index >= 15 is 0 Å². The van der Waals surface area contributed by atoms with E-state index in [4.69, 9.17) is 9.47 Å². The van der Waals surface area contributed by atoms with Crippen molar-refractivity contribution in [2.75, 3.05) is 26.3 Å². The molecule has 0 bridgehead atoms. The van der Waals surface area contributed by atoms with Crippen molar-refractivity contribution in [1.82, 2.24) is 0 Å². The van der Waals surface area contributed by atoms with E-state index in [1.54, 1.807) is 0 Å². The molecule has 4 aromatic rings. The van der Waals surface area contributed by atoms with Gasteiger partial charge < -0.3 is 9.47 Å². The highest BCUT2D eigenvalue weighted by Crippen LogP contribution is 2.36. The van der Waals surface area contributed by atoms with Crippen molar-refractivity contribution >= 4 is 0 Å². The minimum absolute atomic E-state index is 0.129. The number of nitrogens with zero attached hydrogens (tertiary/aromatic N) is 2. The lowest BCUT2D eigenvalue weighted by molar-refractivity contribution is -0.501. The van der Waals surface area contributed by atoms with Gasteiger partial charge in [-0.05, 0) is 41.0 Å². The number of hydrogen-bond donors (Lipinski definition) is 0. The molecule has 218 valence electrons. The van der Waals surface area contributed by atoms with Crippen LogP contribution in [-0.4, -0.2) is 36.1 Å². The molecule has 0 fully saturated rings. The van der Waals surface area contributed by atoms with Gasteiger partial charge in [0.05, 0.1) is 0 Å². The summed E-state index contributed by atoms with van der Waals surface area (Å²) in [5, 5.41) is 23.7. The molecule has 0 spiro atoms. The molecule has 8 heteroatoms. The predicted molar refractivity (Wildman–Crippen MR) is 161 cm³/mol. The van der Waals surface area contributed by atoms with Gasteiger partial charge in [0.1, 0.15) is 0 Å². The first kappa shape index (κ1) is 30.6. The number of nitro groups is 2. The molecule has 0 N–H and O–H groups in total. The van der Waals surface area contributed by atoms with E-state index in [2.05, 4.69) is 6.92 Å². The Morgan fingerprint density at radius 3 is 1.05 bits per heavy atom. The Labute approximate surface area is 246 Å². The Hall–Kier alpha value is -4.40. The summed E-state index contributed by atoms with van der Waals surface area (Å²) in [5.41, 5.74) is 0.421. The van der Waals surface area contributed by atoms with Crippen LogP contribution in [0.25, 0.3) is 0 Å². The monoisotopic (exact) mass is 568 g/mol. The Bertz CT molecular complexity index is 1210. The highest BCUT2D eigenvalue weighted by Gasteiger charge is 2.42. The number of rotatable bonds is 16. The second-order valence-electron chi connectivity index (χ2n) is 10.5. The van der Waals surface area contributed by atoms with Crippen molar-refractivity contribution < 1.29 is 19.3 Å². The molecule has 0 radical (unpaired) electrons. The van der Waals surface area contributed by atoms with Crippen LogP contribution >= 0.6 is 0 Å². The second kappa shape index (κ2) is 14.5. The molecule has 0 atom stereocenters. The molecule has 0 saturated carbocycles. The first-order valence-corrected chi connectivity index (χ1v) is 14.1. The molecule has 0 heterocycles. The van der Waals surface area contributed by atoms with Gasteiger partial charge in [-0.25, -0.2) is 0 Å². The lowest BCUT2D eigenvalue weighted by Crippen LogP contribution is -2.39. The van der Waals surface area contributed by atoms with Gasteiger partial charge >= 0.3 is 0 Å². The normalized spacial score (nSPS) is 11.9. The third-order valence-corrected chi connectivity index (χ3v) is 7.58. The Kier molecular flexibility index (Phi) is 10.5. The van der Waals surface area contributed by atoms with Crippen LogP contribution < -0.4 is 0 Å². The minimum atomic E-state index is -1.23. The van der Waals surface area contributed by atoms with Crippen molar-refractivity contribution in [3.8, 4) is 0 Å². The Morgan fingerprint density at radius 1 is 0.548 bits per heavy atom. The van der Waals surface area contributed by atoms with E-state index in [0.717, 1.165) is 22.3 Å². The van der Waals surface area contributed by atoms with Gasteiger partial charge in [-0.15, -0.1) is 0 Å². The zero-order valence-corrected chi connectivity index (χ0v) is 23.7. The van der Waals surface area contributed by atoms with Crippen molar-refractivity contribution in [3.63, 3.8) is 0 Å². The van der Waals surface area contributed by atoms with Crippen LogP contribution in [-0.2, 0) is 20.7 Å². The SMILES string of the molecule is CC(CCOC(C[N+](=O)[O-])(c1ccccc1)c1ccccc1)CCOC(C[N+](=O)[O-])(c1ccccc1)c1ccccc1. The molecule has 4 rings (SSSR count). The lowest BCUT2D eigenvalue weighted by Gasteiger charge is -2.33. The molecule has 4 aromatic carbocycles. The molecule has 0 aliphatic heterocycles. The van der Waals surface area contributed by atoms with E-state index in [1.165, 1.54) is 0 Å². The van der Waals surface area contributed by atoms with E-state index in [0.29, 0.717) is 12.8 Å². The van der Waals surface area contributed by atoms with Gasteiger partial charge in [0, 0.05) is 23.1 Å². The van der Waals surface area contributed by atoms with Gasteiger partial charge in [-0.1, -0.05) is 128 Å². The maximum Gasteiger partial charge on any atom is 0.240 e. The second-order valence-corrected chi connectivity index (χ2v) is 10.5. The fraction of sp³-hybridized carbons (Fsp3) is 0.294. The molecular weight excluding hydrogens is 532 g/mol. The number of hydrogen-bond acceptors (Lipinski definition) is 6. The number of benzene rings is 4. The highest BCUT2D eigenvalue weighted by atomic mass is 16.6. The van der Waals surface area contributed by atoms with E-state index in [9.17, 15) is 20.2 Å². The minimum Gasteiger partial charge on any atom is -0.359 e. The predicted octanol–water partition coefficient (Wildman–Crippen LogP) is 6.88. The summed E-state index contributed by atoms with van der Waals surface area (Å²) in [6.07, 6.45) is 1.25. The molecule has 0 saturated heterocycles. The largest absolute Gasteiger partial charge is 0.359 e. The maximum absolute atomic E-state index is 11.9. The number of ether oxygens (including phenoxy) is 2. The summed E-state index contributed by atoms with van der Waals surface area (Å²) < 4.78 is 12.9. The summed E-state index contributed by atoms with van der Waals surface area (Å²) in [6.45, 7) is 1.83. The average Bonchev–Trinajstić information content (AvgIpc) is 3.01. The molecule has 0 unspecified atom stereocenters. The average molecular weight is 569 g/mol. The van der Waals surface area contributed by atoms with Crippen molar-refractivity contribution in [3.05, 3.63) is 164 Å². The van der Waals surface area contributed by atoms with Crippen LogP contribution in [0, 0.1) is 26.1 Å². The van der Waals surface area contributed by atoms with Crippen LogP contribution in [0.4, 0.5) is 0 Å². The summed E-state index contributed by atoms with van der Waals surface area (Å²) in [4.78, 5) is 23.1. The van der Waals surface area contributed by atoms with Crippen molar-refractivity contribution in [1.29, 1.82) is 0 Å². The van der Waals surface area contributed by atoms with Gasteiger partial charge in [-0.2, -0.15) is 0 Å². The van der Waals surface area contributed by atoms with Crippen LogP contribution in [0.3, 0.4) is 0 Å². The molecule has 0 aromatic heterocycles. The molecule has 42 heavy (non-hydrogen) atoms. The van der Waals surface area contributed by atoms with Crippen molar-refractivity contribution in [2.45, 2.75) is 31.0 Å². The molecule has 0 amide bonds.